The fourth-order valence-electron chi connectivity index (χ4n) is 3.54. The maximum Gasteiger partial charge on any atom is 0.252 e. The van der Waals surface area contributed by atoms with Crippen LogP contribution in [0.1, 0.15) is 22.3 Å². The number of pyridine rings is 2. The Hall–Kier alpha value is -3.36. The molecule has 4 rings (SSSR count). The second-order valence-electron chi connectivity index (χ2n) is 7.71. The zero-order valence-corrected chi connectivity index (χ0v) is 18.5. The Labute approximate surface area is 185 Å². The average molecular weight is 452 g/mol. The van der Waals surface area contributed by atoms with Gasteiger partial charge in [0.1, 0.15) is 10.7 Å². The quantitative estimate of drug-likeness (QED) is 0.479. The molecule has 2 aromatic heterocycles. The highest BCUT2D eigenvalue weighted by atomic mass is 32.2. The van der Waals surface area contributed by atoms with Crippen LogP contribution in [-0.2, 0) is 23.1 Å². The van der Waals surface area contributed by atoms with Crippen molar-refractivity contribution in [2.24, 2.45) is 0 Å². The van der Waals surface area contributed by atoms with Gasteiger partial charge in [-0.1, -0.05) is 18.2 Å². The highest BCUT2D eigenvalue weighted by molar-refractivity contribution is 7.89. The maximum absolute atomic E-state index is 14.4. The van der Waals surface area contributed by atoms with Crippen molar-refractivity contribution >= 4 is 20.9 Å². The molecular weight excluding hydrogens is 429 g/mol. The Morgan fingerprint density at radius 2 is 1.75 bits per heavy atom. The Kier molecular flexibility index (Phi) is 5.90. The summed E-state index contributed by atoms with van der Waals surface area (Å²) in [6, 6.07) is 14.2. The Morgan fingerprint density at radius 1 is 1.00 bits per heavy atom. The number of hydrogen-bond acceptors (Lipinski definition) is 4. The minimum atomic E-state index is -4.24. The number of nitrogens with zero attached hydrogens (tertiary/aromatic N) is 2. The first-order valence-electron chi connectivity index (χ1n) is 10.0. The topological polar surface area (TPSA) is 83.1 Å². The standard InChI is InChI=1S/C24H22FN3O3S/c1-16-10-19-12-20(24(29)27-22(19)11-17(16)2)15-28(14-18-6-5-9-26-13-18)32(30,31)23-8-4-3-7-21(23)25/h3-13H,14-15H2,1-2H3,(H,27,29). The SMILES string of the molecule is Cc1cc2cc(CN(Cc3cccnc3)S(=O)(=O)c3ccccc3F)c(=O)[nH]c2cc1C. The summed E-state index contributed by atoms with van der Waals surface area (Å²) in [6.07, 6.45) is 3.12. The highest BCUT2D eigenvalue weighted by Gasteiger charge is 2.28. The summed E-state index contributed by atoms with van der Waals surface area (Å²) in [4.78, 5) is 19.2. The van der Waals surface area contributed by atoms with E-state index in [4.69, 9.17) is 0 Å². The fourth-order valence-corrected chi connectivity index (χ4v) is 5.01. The average Bonchev–Trinajstić information content (AvgIpc) is 2.76. The third-order valence-electron chi connectivity index (χ3n) is 5.42. The summed E-state index contributed by atoms with van der Waals surface area (Å²) in [5, 5.41) is 0.798. The van der Waals surface area contributed by atoms with Gasteiger partial charge in [0.2, 0.25) is 10.0 Å². The molecule has 32 heavy (non-hydrogen) atoms. The minimum absolute atomic E-state index is 0.0606. The number of halogens is 1. The largest absolute Gasteiger partial charge is 0.322 e. The number of nitrogens with one attached hydrogen (secondary N) is 1. The third kappa shape index (κ3) is 4.32. The first-order valence-corrected chi connectivity index (χ1v) is 11.5. The molecule has 0 atom stereocenters. The number of hydrogen-bond donors (Lipinski definition) is 1. The van der Waals surface area contributed by atoms with Gasteiger partial charge in [-0.25, -0.2) is 12.8 Å². The summed E-state index contributed by atoms with van der Waals surface area (Å²) in [5.74, 6) is -0.845. The predicted molar refractivity (Wildman–Crippen MR) is 121 cm³/mol. The number of aryl methyl sites for hydroxylation is 2. The van der Waals surface area contributed by atoms with Gasteiger partial charge in [0.05, 0.1) is 0 Å². The molecule has 0 saturated carbocycles. The lowest BCUT2D eigenvalue weighted by Gasteiger charge is -2.22. The lowest BCUT2D eigenvalue weighted by atomic mass is 10.0. The van der Waals surface area contributed by atoms with Gasteiger partial charge in [-0.05, 0) is 72.3 Å². The zero-order valence-electron chi connectivity index (χ0n) is 17.7. The molecule has 0 amide bonds. The molecule has 1 N–H and O–H groups in total. The van der Waals surface area contributed by atoms with Crippen molar-refractivity contribution in [3.8, 4) is 0 Å². The molecule has 0 fully saturated rings. The van der Waals surface area contributed by atoms with E-state index in [1.165, 1.54) is 18.2 Å². The minimum Gasteiger partial charge on any atom is -0.322 e. The van der Waals surface area contributed by atoms with Crippen LogP contribution in [0.25, 0.3) is 10.9 Å². The molecule has 0 bridgehead atoms. The van der Waals surface area contributed by atoms with Gasteiger partial charge in [0, 0.05) is 36.6 Å². The van der Waals surface area contributed by atoms with E-state index in [0.29, 0.717) is 11.1 Å². The number of rotatable bonds is 6. The summed E-state index contributed by atoms with van der Waals surface area (Å²) >= 11 is 0. The Morgan fingerprint density at radius 3 is 2.47 bits per heavy atom. The molecule has 2 heterocycles. The van der Waals surface area contributed by atoms with Crippen molar-refractivity contribution in [3.63, 3.8) is 0 Å². The van der Waals surface area contributed by atoms with Gasteiger partial charge in [-0.15, -0.1) is 0 Å². The monoisotopic (exact) mass is 451 g/mol. The molecule has 8 heteroatoms. The predicted octanol–water partition coefficient (Wildman–Crippen LogP) is 4.07. The second-order valence-corrected chi connectivity index (χ2v) is 9.62. The molecule has 0 spiro atoms. The number of aromatic amines is 1. The van der Waals surface area contributed by atoms with Crippen LogP contribution in [0.15, 0.2) is 76.7 Å². The molecular formula is C24H22FN3O3S. The molecule has 0 radical (unpaired) electrons. The van der Waals surface area contributed by atoms with Crippen molar-refractivity contribution in [1.82, 2.24) is 14.3 Å². The molecule has 0 unspecified atom stereocenters. The zero-order chi connectivity index (χ0) is 22.9. The van der Waals surface area contributed by atoms with E-state index in [-0.39, 0.29) is 24.2 Å². The molecule has 4 aromatic rings. The molecule has 0 aliphatic carbocycles. The van der Waals surface area contributed by atoms with Crippen molar-refractivity contribution in [1.29, 1.82) is 0 Å². The van der Waals surface area contributed by atoms with Gasteiger partial charge in [0.25, 0.3) is 5.56 Å². The van der Waals surface area contributed by atoms with Crippen LogP contribution in [0.3, 0.4) is 0 Å². The fraction of sp³-hybridized carbons (Fsp3) is 0.167. The van der Waals surface area contributed by atoms with Gasteiger partial charge in [-0.3, -0.25) is 9.78 Å². The van der Waals surface area contributed by atoms with Gasteiger partial charge < -0.3 is 4.98 Å². The van der Waals surface area contributed by atoms with E-state index in [2.05, 4.69) is 9.97 Å². The Bertz CT molecular complexity index is 1450. The van der Waals surface area contributed by atoms with Crippen LogP contribution in [0.5, 0.6) is 0 Å². The van der Waals surface area contributed by atoms with E-state index >= 15 is 0 Å². The molecule has 0 aliphatic rings. The van der Waals surface area contributed by atoms with Crippen LogP contribution in [0.2, 0.25) is 0 Å². The van der Waals surface area contributed by atoms with Crippen LogP contribution < -0.4 is 5.56 Å². The van der Waals surface area contributed by atoms with E-state index in [1.54, 1.807) is 30.6 Å². The van der Waals surface area contributed by atoms with Crippen LogP contribution in [0, 0.1) is 19.7 Å². The second kappa shape index (κ2) is 8.64. The molecule has 0 saturated heterocycles. The van der Waals surface area contributed by atoms with Crippen molar-refractivity contribution in [2.75, 3.05) is 0 Å². The van der Waals surface area contributed by atoms with Gasteiger partial charge in [0.15, 0.2) is 0 Å². The van der Waals surface area contributed by atoms with Crippen LogP contribution in [-0.4, -0.2) is 22.7 Å². The number of H-pyrrole nitrogens is 1. The van der Waals surface area contributed by atoms with E-state index in [0.717, 1.165) is 26.9 Å². The van der Waals surface area contributed by atoms with E-state index < -0.39 is 20.7 Å². The smallest absolute Gasteiger partial charge is 0.252 e. The van der Waals surface area contributed by atoms with Crippen LogP contribution >= 0.6 is 0 Å². The van der Waals surface area contributed by atoms with Crippen molar-refractivity contribution in [2.45, 2.75) is 31.8 Å². The van der Waals surface area contributed by atoms with Crippen molar-refractivity contribution < 1.29 is 12.8 Å². The Balaban J connectivity index is 1.80. The third-order valence-corrected chi connectivity index (χ3v) is 7.24. The highest BCUT2D eigenvalue weighted by Crippen LogP contribution is 2.24. The molecule has 6 nitrogen and oxygen atoms in total. The molecule has 2 aromatic carbocycles. The van der Waals surface area contributed by atoms with E-state index in [1.807, 2.05) is 26.0 Å². The number of benzene rings is 2. The summed E-state index contributed by atoms with van der Waals surface area (Å²) in [7, 11) is -4.24. The number of sulfonamides is 1. The summed E-state index contributed by atoms with van der Waals surface area (Å²) in [5.41, 5.74) is 3.28. The maximum atomic E-state index is 14.4. The lowest BCUT2D eigenvalue weighted by molar-refractivity contribution is 0.396. The number of fused-ring (bicyclic) bond motifs is 1. The first kappa shape index (κ1) is 21.9. The molecule has 0 aliphatic heterocycles. The van der Waals surface area contributed by atoms with Crippen molar-refractivity contribution in [3.05, 3.63) is 105 Å². The number of aromatic nitrogens is 2. The first-order chi connectivity index (χ1) is 15.3. The normalized spacial score (nSPS) is 11.9. The summed E-state index contributed by atoms with van der Waals surface area (Å²) in [6.45, 7) is 3.65. The lowest BCUT2D eigenvalue weighted by Crippen LogP contribution is -2.33. The molecule has 164 valence electrons. The summed E-state index contributed by atoms with van der Waals surface area (Å²) < 4.78 is 42.3. The van der Waals surface area contributed by atoms with Gasteiger partial charge >= 0.3 is 0 Å². The van der Waals surface area contributed by atoms with Crippen LogP contribution in [0.4, 0.5) is 4.39 Å². The van der Waals surface area contributed by atoms with Gasteiger partial charge in [-0.2, -0.15) is 4.31 Å². The van der Waals surface area contributed by atoms with E-state index in [9.17, 15) is 17.6 Å².